The Morgan fingerprint density at radius 2 is 1.57 bits per heavy atom. The van der Waals surface area contributed by atoms with Crippen molar-refractivity contribution in [3.8, 4) is 0 Å². The van der Waals surface area contributed by atoms with Crippen molar-refractivity contribution in [2.75, 3.05) is 26.2 Å². The smallest absolute Gasteiger partial charge is 0.434 e. The van der Waals surface area contributed by atoms with Crippen LogP contribution in [0.5, 0.6) is 0 Å². The predicted molar refractivity (Wildman–Crippen MR) is 106 cm³/mol. The minimum Gasteiger partial charge on any atom is -0.434 e. The topological polar surface area (TPSA) is 102 Å². The van der Waals surface area contributed by atoms with Crippen molar-refractivity contribution in [3.63, 3.8) is 0 Å². The fraction of sp³-hybridized carbons (Fsp3) is 0.524. The van der Waals surface area contributed by atoms with Gasteiger partial charge < -0.3 is 19.2 Å². The molecule has 2 amide bonds. The molecule has 164 valence electrons. The monoisotopic (exact) mass is 420 g/mol. The van der Waals surface area contributed by atoms with Crippen molar-refractivity contribution in [3.05, 3.63) is 35.4 Å². The third kappa shape index (κ3) is 7.47. The average molecular weight is 420 g/mol. The highest BCUT2D eigenvalue weighted by atomic mass is 16.7. The van der Waals surface area contributed by atoms with Gasteiger partial charge in [0.25, 0.3) is 11.8 Å². The van der Waals surface area contributed by atoms with Crippen molar-refractivity contribution < 1.29 is 33.5 Å². The SMILES string of the molecule is CCN(CC)CCCOC(=O)OCc1ccc(CC(=O)ON2C(=O)CCC2=O)cc1. The summed E-state index contributed by atoms with van der Waals surface area (Å²) in [6.45, 7) is 7.32. The Morgan fingerprint density at radius 1 is 0.967 bits per heavy atom. The van der Waals surface area contributed by atoms with Crippen LogP contribution in [0.4, 0.5) is 4.79 Å². The van der Waals surface area contributed by atoms with E-state index >= 15 is 0 Å². The van der Waals surface area contributed by atoms with Crippen LogP contribution in [0.3, 0.4) is 0 Å². The zero-order valence-corrected chi connectivity index (χ0v) is 17.4. The van der Waals surface area contributed by atoms with Gasteiger partial charge in [-0.2, -0.15) is 0 Å². The summed E-state index contributed by atoms with van der Waals surface area (Å²) in [5.74, 6) is -1.72. The van der Waals surface area contributed by atoms with Crippen LogP contribution in [0.15, 0.2) is 24.3 Å². The van der Waals surface area contributed by atoms with Gasteiger partial charge in [-0.15, -0.1) is 5.06 Å². The Bertz CT molecular complexity index is 728. The summed E-state index contributed by atoms with van der Waals surface area (Å²) in [6.07, 6.45) is 0.0450. The van der Waals surface area contributed by atoms with Crippen LogP contribution in [-0.4, -0.2) is 60.1 Å². The highest BCUT2D eigenvalue weighted by molar-refractivity contribution is 6.01. The van der Waals surface area contributed by atoms with Gasteiger partial charge in [0.2, 0.25) is 0 Å². The zero-order chi connectivity index (χ0) is 21.9. The van der Waals surface area contributed by atoms with Crippen LogP contribution in [0.2, 0.25) is 0 Å². The van der Waals surface area contributed by atoms with Crippen molar-refractivity contribution >= 4 is 23.9 Å². The molecular formula is C21H28N2O7. The maximum Gasteiger partial charge on any atom is 0.508 e. The molecule has 0 saturated carbocycles. The number of benzene rings is 1. The number of imide groups is 1. The Morgan fingerprint density at radius 3 is 2.17 bits per heavy atom. The van der Waals surface area contributed by atoms with Crippen LogP contribution < -0.4 is 0 Å². The van der Waals surface area contributed by atoms with Gasteiger partial charge in [-0.05, 0) is 30.6 Å². The summed E-state index contributed by atoms with van der Waals surface area (Å²) in [5, 5.41) is 0.526. The lowest BCUT2D eigenvalue weighted by Gasteiger charge is -2.17. The standard InChI is InChI=1S/C21H28N2O7/c1-3-22(4-2)12-5-13-28-21(27)29-15-17-8-6-16(7-9-17)14-20(26)30-23-18(24)10-11-19(23)25/h6-9H,3-5,10-15H2,1-2H3. The Balaban J connectivity index is 1.67. The quantitative estimate of drug-likeness (QED) is 0.305. The molecule has 9 nitrogen and oxygen atoms in total. The van der Waals surface area contributed by atoms with E-state index in [-0.39, 0.29) is 25.9 Å². The lowest BCUT2D eigenvalue weighted by atomic mass is 10.1. The molecule has 1 fully saturated rings. The van der Waals surface area contributed by atoms with Crippen molar-refractivity contribution in [1.82, 2.24) is 9.96 Å². The molecule has 0 bridgehead atoms. The number of hydrogen-bond acceptors (Lipinski definition) is 8. The predicted octanol–water partition coefficient (Wildman–Crippen LogP) is 2.22. The van der Waals surface area contributed by atoms with Crippen LogP contribution in [-0.2, 0) is 41.7 Å². The summed E-state index contributed by atoms with van der Waals surface area (Å²) in [5.41, 5.74) is 1.37. The van der Waals surface area contributed by atoms with Crippen LogP contribution in [0.1, 0.15) is 44.2 Å². The lowest BCUT2D eigenvalue weighted by molar-refractivity contribution is -0.197. The minimum absolute atomic E-state index is 0.0520. The number of hydrogen-bond donors (Lipinski definition) is 0. The minimum atomic E-state index is -0.720. The van der Waals surface area contributed by atoms with Crippen molar-refractivity contribution in [2.45, 2.75) is 46.1 Å². The molecule has 1 aliphatic heterocycles. The molecule has 0 atom stereocenters. The molecule has 30 heavy (non-hydrogen) atoms. The second-order valence-electron chi connectivity index (χ2n) is 6.81. The van der Waals surface area contributed by atoms with E-state index in [0.717, 1.165) is 31.6 Å². The summed E-state index contributed by atoms with van der Waals surface area (Å²) in [7, 11) is 0. The second-order valence-corrected chi connectivity index (χ2v) is 6.81. The van der Waals surface area contributed by atoms with Gasteiger partial charge in [0, 0.05) is 19.4 Å². The first-order valence-corrected chi connectivity index (χ1v) is 10.1. The number of amides is 2. The fourth-order valence-corrected chi connectivity index (χ4v) is 2.88. The molecule has 0 unspecified atom stereocenters. The van der Waals surface area contributed by atoms with E-state index in [4.69, 9.17) is 14.3 Å². The number of hydroxylamine groups is 2. The summed E-state index contributed by atoms with van der Waals surface area (Å²) < 4.78 is 10.1. The van der Waals surface area contributed by atoms with E-state index in [1.165, 1.54) is 0 Å². The van der Waals surface area contributed by atoms with E-state index in [2.05, 4.69) is 18.7 Å². The number of nitrogens with zero attached hydrogens (tertiary/aromatic N) is 2. The number of carbonyl (C=O) groups is 4. The van der Waals surface area contributed by atoms with Crippen LogP contribution >= 0.6 is 0 Å². The molecule has 0 spiro atoms. The molecule has 0 radical (unpaired) electrons. The van der Waals surface area contributed by atoms with E-state index in [1.807, 2.05) is 0 Å². The van der Waals surface area contributed by atoms with E-state index in [9.17, 15) is 19.2 Å². The molecule has 2 rings (SSSR count). The molecule has 0 aliphatic carbocycles. The first-order valence-electron chi connectivity index (χ1n) is 10.1. The van der Waals surface area contributed by atoms with Gasteiger partial charge in [0.05, 0.1) is 13.0 Å². The Hall–Kier alpha value is -2.94. The third-order valence-corrected chi connectivity index (χ3v) is 4.66. The van der Waals surface area contributed by atoms with Gasteiger partial charge in [0.1, 0.15) is 6.61 Å². The second kappa shape index (κ2) is 11.9. The largest absolute Gasteiger partial charge is 0.508 e. The Labute approximate surface area is 175 Å². The van der Waals surface area contributed by atoms with Gasteiger partial charge in [0.15, 0.2) is 0 Å². The maximum absolute atomic E-state index is 11.9. The fourth-order valence-electron chi connectivity index (χ4n) is 2.88. The lowest BCUT2D eigenvalue weighted by Crippen LogP contribution is -2.32. The number of ether oxygens (including phenoxy) is 2. The van der Waals surface area contributed by atoms with Gasteiger partial charge >= 0.3 is 12.1 Å². The highest BCUT2D eigenvalue weighted by Crippen LogP contribution is 2.14. The van der Waals surface area contributed by atoms with Gasteiger partial charge in [-0.25, -0.2) is 9.59 Å². The molecule has 9 heteroatoms. The first kappa shape index (κ1) is 23.3. The van der Waals surface area contributed by atoms with E-state index in [0.29, 0.717) is 17.2 Å². The van der Waals surface area contributed by atoms with Gasteiger partial charge in [-0.3, -0.25) is 9.59 Å². The molecular weight excluding hydrogens is 392 g/mol. The van der Waals surface area contributed by atoms with Crippen LogP contribution in [0.25, 0.3) is 0 Å². The third-order valence-electron chi connectivity index (χ3n) is 4.66. The van der Waals surface area contributed by atoms with Crippen molar-refractivity contribution in [2.24, 2.45) is 0 Å². The zero-order valence-electron chi connectivity index (χ0n) is 17.4. The Kier molecular flexibility index (Phi) is 9.27. The summed E-state index contributed by atoms with van der Waals surface area (Å²) >= 11 is 0. The summed E-state index contributed by atoms with van der Waals surface area (Å²) in [6, 6.07) is 6.79. The average Bonchev–Trinajstić information content (AvgIpc) is 3.05. The van der Waals surface area contributed by atoms with E-state index in [1.54, 1.807) is 24.3 Å². The maximum atomic E-state index is 11.9. The van der Waals surface area contributed by atoms with Gasteiger partial charge in [-0.1, -0.05) is 38.1 Å². The molecule has 1 aromatic carbocycles. The first-order chi connectivity index (χ1) is 14.4. The van der Waals surface area contributed by atoms with Crippen molar-refractivity contribution in [1.29, 1.82) is 0 Å². The molecule has 1 heterocycles. The molecule has 1 aromatic rings. The number of rotatable bonds is 11. The number of carbonyl (C=O) groups excluding carboxylic acids is 4. The molecule has 1 aliphatic rings. The normalized spacial score (nSPS) is 13.6. The molecule has 0 aromatic heterocycles. The summed E-state index contributed by atoms with van der Waals surface area (Å²) in [4.78, 5) is 53.6. The van der Waals surface area contributed by atoms with E-state index < -0.39 is 23.9 Å². The molecule has 0 N–H and O–H groups in total. The van der Waals surface area contributed by atoms with Crippen LogP contribution in [0, 0.1) is 0 Å². The molecule has 1 saturated heterocycles. The highest BCUT2D eigenvalue weighted by Gasteiger charge is 2.32.